The predicted molar refractivity (Wildman–Crippen MR) is 126 cm³/mol. The number of nitrogens with zero attached hydrogens (tertiary/aromatic N) is 5. The van der Waals surface area contributed by atoms with Crippen molar-refractivity contribution >= 4 is 17.7 Å². The molecule has 1 saturated heterocycles. The van der Waals surface area contributed by atoms with Crippen molar-refractivity contribution in [2.75, 3.05) is 12.4 Å². The van der Waals surface area contributed by atoms with E-state index in [0.717, 1.165) is 29.8 Å². The maximum atomic E-state index is 13.1. The first kappa shape index (κ1) is 22.3. The zero-order valence-electron chi connectivity index (χ0n) is 18.8. The van der Waals surface area contributed by atoms with Crippen molar-refractivity contribution in [1.82, 2.24) is 24.6 Å². The average Bonchev–Trinajstić information content (AvgIpc) is 3.23. The van der Waals surface area contributed by atoms with Gasteiger partial charge in [0.1, 0.15) is 5.75 Å². The Kier molecular flexibility index (Phi) is 7.09. The van der Waals surface area contributed by atoms with Gasteiger partial charge in [0.05, 0.1) is 12.4 Å². The number of ether oxygens (including phenoxy) is 1. The molecule has 1 fully saturated rings. The van der Waals surface area contributed by atoms with Gasteiger partial charge in [-0.05, 0) is 76.4 Å². The van der Waals surface area contributed by atoms with Crippen molar-refractivity contribution in [2.24, 2.45) is 0 Å². The van der Waals surface area contributed by atoms with Crippen molar-refractivity contribution in [1.29, 1.82) is 0 Å². The lowest BCUT2D eigenvalue weighted by atomic mass is 9.98. The number of hydrogen-bond donors (Lipinski definition) is 0. The highest BCUT2D eigenvalue weighted by Crippen LogP contribution is 2.30. The minimum Gasteiger partial charge on any atom is -0.494 e. The van der Waals surface area contributed by atoms with E-state index in [1.807, 2.05) is 52.8 Å². The maximum absolute atomic E-state index is 13.1. The van der Waals surface area contributed by atoms with E-state index in [4.69, 9.17) is 4.74 Å². The molecular weight excluding hydrogens is 422 g/mol. The van der Waals surface area contributed by atoms with E-state index in [9.17, 15) is 4.79 Å². The summed E-state index contributed by atoms with van der Waals surface area (Å²) in [5, 5.41) is 9.57. The van der Waals surface area contributed by atoms with E-state index in [-0.39, 0.29) is 18.0 Å². The summed E-state index contributed by atoms with van der Waals surface area (Å²) in [6.45, 7) is 6.86. The smallest absolute Gasteiger partial charge is 0.233 e. The number of likely N-dealkylation sites (tertiary alicyclic amines) is 1. The molecule has 8 heteroatoms. The Morgan fingerprint density at radius 3 is 2.41 bits per heavy atom. The van der Waals surface area contributed by atoms with Crippen molar-refractivity contribution in [3.05, 3.63) is 48.8 Å². The molecule has 1 amide bonds. The molecule has 1 aliphatic rings. The van der Waals surface area contributed by atoms with Gasteiger partial charge < -0.3 is 9.64 Å². The van der Waals surface area contributed by atoms with Crippen LogP contribution in [0.15, 0.2) is 53.9 Å². The highest BCUT2D eigenvalue weighted by Gasteiger charge is 2.29. The Morgan fingerprint density at radius 1 is 1.06 bits per heavy atom. The summed E-state index contributed by atoms with van der Waals surface area (Å²) in [4.78, 5) is 19.2. The first-order chi connectivity index (χ1) is 15.6. The van der Waals surface area contributed by atoms with Crippen LogP contribution in [0.1, 0.15) is 40.0 Å². The Hall–Kier alpha value is -2.87. The number of hydrogen-bond acceptors (Lipinski definition) is 6. The first-order valence-corrected chi connectivity index (χ1v) is 12.1. The fraction of sp³-hybridized carbons (Fsp3) is 0.417. The molecule has 0 bridgehead atoms. The molecule has 1 aliphatic heterocycles. The van der Waals surface area contributed by atoms with Crippen LogP contribution in [0.2, 0.25) is 0 Å². The van der Waals surface area contributed by atoms with Crippen LogP contribution in [0.3, 0.4) is 0 Å². The lowest BCUT2D eigenvalue weighted by Gasteiger charge is -2.39. The van der Waals surface area contributed by atoms with Crippen LogP contribution in [-0.2, 0) is 4.79 Å². The lowest BCUT2D eigenvalue weighted by Crippen LogP contribution is -2.48. The second-order valence-electron chi connectivity index (χ2n) is 8.02. The molecule has 0 N–H and O–H groups in total. The predicted octanol–water partition coefficient (Wildman–Crippen LogP) is 4.61. The fourth-order valence-electron chi connectivity index (χ4n) is 4.26. The second kappa shape index (κ2) is 10.2. The highest BCUT2D eigenvalue weighted by molar-refractivity contribution is 7.99. The van der Waals surface area contributed by atoms with Gasteiger partial charge in [-0.1, -0.05) is 11.8 Å². The molecule has 2 atom stereocenters. The molecule has 0 unspecified atom stereocenters. The molecule has 0 spiro atoms. The monoisotopic (exact) mass is 451 g/mol. The van der Waals surface area contributed by atoms with Gasteiger partial charge in [0.15, 0.2) is 11.0 Å². The number of carbonyl (C=O) groups excluding carboxylic acids is 1. The maximum Gasteiger partial charge on any atom is 0.233 e. The Balaban J connectivity index is 1.62. The van der Waals surface area contributed by atoms with E-state index in [1.54, 1.807) is 12.4 Å². The molecule has 7 nitrogen and oxygen atoms in total. The average molecular weight is 452 g/mol. The number of pyridine rings is 1. The van der Waals surface area contributed by atoms with Gasteiger partial charge in [-0.15, -0.1) is 10.2 Å². The molecule has 3 heterocycles. The second-order valence-corrected chi connectivity index (χ2v) is 8.97. The standard InChI is InChI=1S/C24H29N5O2S/c1-4-31-21-10-8-20(9-11-21)29-23(19-12-14-25-15-13-19)26-27-24(29)32-16-22(30)28-17(2)6-5-7-18(28)3/h8-15,17-18H,4-7,16H2,1-3H3/t17-,18+. The van der Waals surface area contributed by atoms with Gasteiger partial charge in [-0.2, -0.15) is 0 Å². The molecule has 2 aromatic heterocycles. The molecule has 32 heavy (non-hydrogen) atoms. The summed E-state index contributed by atoms with van der Waals surface area (Å²) < 4.78 is 7.58. The van der Waals surface area contributed by atoms with Gasteiger partial charge in [0, 0.05) is 35.7 Å². The van der Waals surface area contributed by atoms with Crippen LogP contribution in [0.5, 0.6) is 5.75 Å². The summed E-state index contributed by atoms with van der Waals surface area (Å²) >= 11 is 1.43. The number of aromatic nitrogens is 4. The van der Waals surface area contributed by atoms with Crippen LogP contribution in [0.25, 0.3) is 17.1 Å². The fourth-order valence-corrected chi connectivity index (χ4v) is 5.08. The molecule has 0 radical (unpaired) electrons. The van der Waals surface area contributed by atoms with Crippen molar-refractivity contribution in [3.8, 4) is 22.8 Å². The molecule has 0 aliphatic carbocycles. The minimum atomic E-state index is 0.154. The summed E-state index contributed by atoms with van der Waals surface area (Å²) in [6.07, 6.45) is 6.79. The zero-order valence-corrected chi connectivity index (χ0v) is 19.6. The summed E-state index contributed by atoms with van der Waals surface area (Å²) in [5.74, 6) is 2.01. The van der Waals surface area contributed by atoms with Gasteiger partial charge in [0.2, 0.25) is 5.91 Å². The Bertz CT molecular complexity index is 1030. The van der Waals surface area contributed by atoms with E-state index in [1.165, 1.54) is 18.2 Å². The van der Waals surface area contributed by atoms with E-state index in [2.05, 4.69) is 29.0 Å². The molecular formula is C24H29N5O2S. The third kappa shape index (κ3) is 4.80. The van der Waals surface area contributed by atoms with Crippen LogP contribution >= 0.6 is 11.8 Å². The van der Waals surface area contributed by atoms with Crippen LogP contribution in [0.4, 0.5) is 0 Å². The zero-order chi connectivity index (χ0) is 22.5. The quantitative estimate of drug-likeness (QED) is 0.489. The normalized spacial score (nSPS) is 18.5. The molecule has 4 rings (SSSR count). The third-order valence-corrected chi connectivity index (χ3v) is 6.70. The van der Waals surface area contributed by atoms with Gasteiger partial charge in [-0.3, -0.25) is 14.3 Å². The number of benzene rings is 1. The number of rotatable bonds is 7. The van der Waals surface area contributed by atoms with Crippen molar-refractivity contribution in [2.45, 2.75) is 57.3 Å². The Morgan fingerprint density at radius 2 is 1.75 bits per heavy atom. The van der Waals surface area contributed by atoms with Gasteiger partial charge in [0.25, 0.3) is 0 Å². The number of thioether (sulfide) groups is 1. The van der Waals surface area contributed by atoms with Crippen LogP contribution < -0.4 is 4.74 Å². The number of amides is 1. The number of piperidine rings is 1. The Labute approximate surface area is 193 Å². The summed E-state index contributed by atoms with van der Waals surface area (Å²) in [5.41, 5.74) is 1.83. The van der Waals surface area contributed by atoms with Gasteiger partial charge >= 0.3 is 0 Å². The SMILES string of the molecule is CCOc1ccc(-n2c(SCC(=O)N3[C@H](C)CCC[C@@H]3C)nnc2-c2ccncc2)cc1. The van der Waals surface area contributed by atoms with E-state index >= 15 is 0 Å². The number of carbonyl (C=O) groups is 1. The molecule has 0 saturated carbocycles. The minimum absolute atomic E-state index is 0.154. The third-order valence-electron chi connectivity index (χ3n) is 5.78. The largest absolute Gasteiger partial charge is 0.494 e. The molecule has 3 aromatic rings. The highest BCUT2D eigenvalue weighted by atomic mass is 32.2. The summed E-state index contributed by atoms with van der Waals surface area (Å²) in [6, 6.07) is 12.2. The van der Waals surface area contributed by atoms with Gasteiger partial charge in [-0.25, -0.2) is 0 Å². The van der Waals surface area contributed by atoms with E-state index in [0.29, 0.717) is 23.3 Å². The van der Waals surface area contributed by atoms with Crippen molar-refractivity contribution in [3.63, 3.8) is 0 Å². The van der Waals surface area contributed by atoms with Crippen LogP contribution in [0, 0.1) is 0 Å². The first-order valence-electron chi connectivity index (χ1n) is 11.1. The van der Waals surface area contributed by atoms with Crippen molar-refractivity contribution < 1.29 is 9.53 Å². The molecule has 168 valence electrons. The lowest BCUT2D eigenvalue weighted by molar-refractivity contribution is -0.134. The van der Waals surface area contributed by atoms with E-state index < -0.39 is 0 Å². The molecule has 1 aromatic carbocycles. The summed E-state index contributed by atoms with van der Waals surface area (Å²) in [7, 11) is 0. The van der Waals surface area contributed by atoms with Crippen LogP contribution in [-0.4, -0.2) is 55.0 Å². The topological polar surface area (TPSA) is 73.1 Å².